The Morgan fingerprint density at radius 1 is 1.23 bits per heavy atom. The minimum Gasteiger partial charge on any atom is -0.497 e. The first kappa shape index (κ1) is 21.7. The van der Waals surface area contributed by atoms with Gasteiger partial charge in [0.15, 0.2) is 5.92 Å². The van der Waals surface area contributed by atoms with Crippen LogP contribution in [0.4, 0.5) is 10.5 Å². The second-order valence-electron chi connectivity index (χ2n) is 7.00. The van der Waals surface area contributed by atoms with E-state index < -0.39 is 23.8 Å². The summed E-state index contributed by atoms with van der Waals surface area (Å²) in [5.74, 6) is -1.81. The lowest BCUT2D eigenvalue weighted by atomic mass is 10.1. The number of hydrogen-bond acceptors (Lipinski definition) is 7. The zero-order valence-corrected chi connectivity index (χ0v) is 17.2. The van der Waals surface area contributed by atoms with Gasteiger partial charge < -0.3 is 19.1 Å². The number of aliphatic imine (C=N–C) groups is 1. The average molecular weight is 419 g/mol. The molecule has 0 spiro atoms. The van der Waals surface area contributed by atoms with Crippen molar-refractivity contribution in [3.05, 3.63) is 18.2 Å². The van der Waals surface area contributed by atoms with Crippen molar-refractivity contribution in [2.24, 2.45) is 10.9 Å². The molecule has 2 saturated heterocycles. The molecular formula is C20H27N4O6+. The summed E-state index contributed by atoms with van der Waals surface area (Å²) in [5, 5.41) is 2.21. The van der Waals surface area contributed by atoms with E-state index in [2.05, 4.69) is 10.3 Å². The number of rotatable bonds is 8. The summed E-state index contributed by atoms with van der Waals surface area (Å²) in [5.41, 5.74) is 0.196. The molecule has 2 aliphatic heterocycles. The van der Waals surface area contributed by atoms with Crippen LogP contribution in [0.5, 0.6) is 11.5 Å². The molecule has 3 rings (SSSR count). The van der Waals surface area contributed by atoms with Gasteiger partial charge in [-0.15, -0.1) is 0 Å². The number of nitrogens with one attached hydrogen (secondary N) is 2. The van der Waals surface area contributed by atoms with Crippen molar-refractivity contribution in [1.29, 1.82) is 0 Å². The molecule has 10 heteroatoms. The van der Waals surface area contributed by atoms with Gasteiger partial charge in [-0.3, -0.25) is 19.9 Å². The molecule has 1 aromatic rings. The third-order valence-corrected chi connectivity index (χ3v) is 5.10. The van der Waals surface area contributed by atoms with Gasteiger partial charge in [-0.2, -0.15) is 0 Å². The van der Waals surface area contributed by atoms with Crippen molar-refractivity contribution in [3.63, 3.8) is 0 Å². The standard InChI is InChI=1S/C20H26N4O6/c1-28-14-4-5-17(29-2)16(12-14)24-19(26)15(18(25)22-20(24)27)13-21-6-3-7-23-8-10-30-11-9-23/h4-5,12-13,15H,3,6-11H2,1-2H3,(H,22,25,27)/p+1/t15-/m0/s1. The van der Waals surface area contributed by atoms with Crippen molar-refractivity contribution < 1.29 is 33.5 Å². The van der Waals surface area contributed by atoms with Crippen LogP contribution in [-0.4, -0.2) is 77.7 Å². The third kappa shape index (κ3) is 4.95. The zero-order chi connectivity index (χ0) is 21.5. The van der Waals surface area contributed by atoms with E-state index in [1.165, 1.54) is 31.4 Å². The summed E-state index contributed by atoms with van der Waals surface area (Å²) in [6.45, 7) is 4.95. The van der Waals surface area contributed by atoms with Gasteiger partial charge in [0.1, 0.15) is 24.6 Å². The van der Waals surface area contributed by atoms with Gasteiger partial charge in [0.25, 0.3) is 5.91 Å². The molecule has 1 atom stereocenters. The van der Waals surface area contributed by atoms with Crippen LogP contribution in [-0.2, 0) is 14.3 Å². The number of quaternary nitrogens is 1. The predicted octanol–water partition coefficient (Wildman–Crippen LogP) is -0.721. The molecule has 0 aliphatic carbocycles. The summed E-state index contributed by atoms with van der Waals surface area (Å²) in [7, 11) is 2.90. The third-order valence-electron chi connectivity index (χ3n) is 5.10. The minimum atomic E-state index is -1.19. The number of methoxy groups -OCH3 is 2. The van der Waals surface area contributed by atoms with E-state index in [-0.39, 0.29) is 5.69 Å². The van der Waals surface area contributed by atoms with Crippen LogP contribution < -0.4 is 24.6 Å². The molecule has 30 heavy (non-hydrogen) atoms. The highest BCUT2D eigenvalue weighted by atomic mass is 16.5. The van der Waals surface area contributed by atoms with Crippen LogP contribution in [0, 0.1) is 5.92 Å². The Hall–Kier alpha value is -2.98. The Labute approximate surface area is 174 Å². The first-order valence-electron chi connectivity index (χ1n) is 9.87. The van der Waals surface area contributed by atoms with Crippen molar-refractivity contribution in [2.45, 2.75) is 6.42 Å². The normalized spacial score (nSPS) is 20.5. The number of carbonyl (C=O) groups is 3. The lowest BCUT2D eigenvalue weighted by molar-refractivity contribution is -0.908. The van der Waals surface area contributed by atoms with Gasteiger partial charge in [0.05, 0.1) is 39.7 Å². The molecule has 162 valence electrons. The summed E-state index contributed by atoms with van der Waals surface area (Å²) in [4.78, 5) is 44.2. The van der Waals surface area contributed by atoms with E-state index >= 15 is 0 Å². The van der Waals surface area contributed by atoms with Crippen LogP contribution in [0.2, 0.25) is 0 Å². The molecular weight excluding hydrogens is 392 g/mol. The number of benzene rings is 1. The summed E-state index contributed by atoms with van der Waals surface area (Å²) < 4.78 is 15.8. The van der Waals surface area contributed by atoms with E-state index in [4.69, 9.17) is 14.2 Å². The first-order valence-corrected chi connectivity index (χ1v) is 9.87. The minimum absolute atomic E-state index is 0.196. The molecule has 2 heterocycles. The van der Waals surface area contributed by atoms with Gasteiger partial charge in [0.2, 0.25) is 5.91 Å². The van der Waals surface area contributed by atoms with Gasteiger partial charge >= 0.3 is 6.03 Å². The van der Waals surface area contributed by atoms with Crippen molar-refractivity contribution >= 4 is 29.7 Å². The van der Waals surface area contributed by atoms with E-state index in [1.54, 1.807) is 12.1 Å². The zero-order valence-electron chi connectivity index (χ0n) is 17.2. The number of nitrogens with zero attached hydrogens (tertiary/aromatic N) is 2. The van der Waals surface area contributed by atoms with E-state index in [9.17, 15) is 14.4 Å². The quantitative estimate of drug-likeness (QED) is 0.327. The van der Waals surface area contributed by atoms with Gasteiger partial charge in [-0.25, -0.2) is 9.69 Å². The Morgan fingerprint density at radius 3 is 2.70 bits per heavy atom. The smallest absolute Gasteiger partial charge is 0.335 e. The number of ether oxygens (including phenoxy) is 3. The fraction of sp³-hybridized carbons (Fsp3) is 0.500. The molecule has 0 aromatic heterocycles. The maximum absolute atomic E-state index is 13.0. The number of barbiturate groups is 1. The van der Waals surface area contributed by atoms with E-state index in [1.807, 2.05) is 0 Å². The van der Waals surface area contributed by atoms with Crippen LogP contribution >= 0.6 is 0 Å². The van der Waals surface area contributed by atoms with Crippen molar-refractivity contribution in [1.82, 2.24) is 5.32 Å². The lowest BCUT2D eigenvalue weighted by Gasteiger charge is -2.29. The number of urea groups is 1. The highest BCUT2D eigenvalue weighted by molar-refractivity contribution is 6.33. The largest absolute Gasteiger partial charge is 0.497 e. The summed E-state index contributed by atoms with van der Waals surface area (Å²) in [6.07, 6.45) is 2.15. The number of morpholine rings is 1. The molecule has 0 unspecified atom stereocenters. The number of imide groups is 2. The maximum Gasteiger partial charge on any atom is 0.335 e. The SMILES string of the molecule is COc1ccc(OC)c(N2C(=O)NC(=O)[C@H](C=NCCC[NH+]3CCOCC3)C2=O)c1. The fourth-order valence-electron chi connectivity index (χ4n) is 3.43. The van der Waals surface area contributed by atoms with Gasteiger partial charge in [0, 0.05) is 25.2 Å². The summed E-state index contributed by atoms with van der Waals surface area (Å²) >= 11 is 0. The predicted molar refractivity (Wildman–Crippen MR) is 108 cm³/mol. The Bertz CT molecular complexity index is 822. The summed E-state index contributed by atoms with van der Waals surface area (Å²) in [6, 6.07) is 3.90. The second kappa shape index (κ2) is 10.2. The lowest BCUT2D eigenvalue weighted by Crippen LogP contribution is -3.14. The molecule has 10 nitrogen and oxygen atoms in total. The molecule has 1 aromatic carbocycles. The first-order chi connectivity index (χ1) is 14.5. The van der Waals surface area contributed by atoms with Crippen LogP contribution in [0.1, 0.15) is 6.42 Å². The molecule has 0 bridgehead atoms. The van der Waals surface area contributed by atoms with Gasteiger partial charge in [-0.05, 0) is 12.1 Å². The van der Waals surface area contributed by atoms with E-state index in [0.29, 0.717) is 18.0 Å². The molecule has 0 radical (unpaired) electrons. The second-order valence-corrected chi connectivity index (χ2v) is 7.00. The Balaban J connectivity index is 1.68. The van der Waals surface area contributed by atoms with Crippen molar-refractivity contribution in [3.8, 4) is 11.5 Å². The maximum atomic E-state index is 13.0. The van der Waals surface area contributed by atoms with Gasteiger partial charge in [-0.1, -0.05) is 0 Å². The van der Waals surface area contributed by atoms with Crippen molar-refractivity contribution in [2.75, 3.05) is 58.5 Å². The Kier molecular flexibility index (Phi) is 7.36. The molecule has 0 saturated carbocycles. The van der Waals surface area contributed by atoms with Crippen LogP contribution in [0.15, 0.2) is 23.2 Å². The topological polar surface area (TPSA) is 111 Å². The monoisotopic (exact) mass is 419 g/mol. The average Bonchev–Trinajstić information content (AvgIpc) is 2.76. The number of hydrogen-bond donors (Lipinski definition) is 2. The molecule has 2 aliphatic rings. The highest BCUT2D eigenvalue weighted by Gasteiger charge is 2.41. The molecule has 2 N–H and O–H groups in total. The van der Waals surface area contributed by atoms with E-state index in [0.717, 1.165) is 44.2 Å². The number of anilines is 1. The van der Waals surface area contributed by atoms with Crippen LogP contribution in [0.25, 0.3) is 0 Å². The van der Waals surface area contributed by atoms with Crippen LogP contribution in [0.3, 0.4) is 0 Å². The fourth-order valence-corrected chi connectivity index (χ4v) is 3.43. The number of carbonyl (C=O) groups excluding carboxylic acids is 3. The molecule has 4 amide bonds. The Morgan fingerprint density at radius 2 is 2.00 bits per heavy atom. The molecule has 2 fully saturated rings. The highest BCUT2D eigenvalue weighted by Crippen LogP contribution is 2.34. The number of amides is 4.